The highest BCUT2D eigenvalue weighted by atomic mass is 19.4. The fourth-order valence-corrected chi connectivity index (χ4v) is 2.36. The van der Waals surface area contributed by atoms with Crippen LogP contribution in [0.3, 0.4) is 0 Å². The molecule has 2 aromatic carbocycles. The maximum Gasteiger partial charge on any atom is 0.416 e. The van der Waals surface area contributed by atoms with Crippen molar-refractivity contribution in [1.29, 1.82) is 5.26 Å². The zero-order valence-corrected chi connectivity index (χ0v) is 14.3. The molecule has 0 unspecified atom stereocenters. The maximum absolute atomic E-state index is 12.9. The van der Waals surface area contributed by atoms with Gasteiger partial charge in [-0.1, -0.05) is 12.1 Å². The molecule has 0 fully saturated rings. The highest BCUT2D eigenvalue weighted by Crippen LogP contribution is 2.37. The number of benzene rings is 2. The van der Waals surface area contributed by atoms with Gasteiger partial charge in [0.15, 0.2) is 0 Å². The molecule has 0 saturated heterocycles. The smallest absolute Gasteiger partial charge is 0.416 e. The van der Waals surface area contributed by atoms with Crippen molar-refractivity contribution in [1.82, 2.24) is 0 Å². The van der Waals surface area contributed by atoms with Crippen LogP contribution < -0.4 is 14.2 Å². The van der Waals surface area contributed by atoms with Crippen molar-refractivity contribution in [3.8, 4) is 23.3 Å². The summed E-state index contributed by atoms with van der Waals surface area (Å²) in [6.07, 6.45) is -3.07. The van der Waals surface area contributed by atoms with Crippen LogP contribution in [0.5, 0.6) is 17.2 Å². The van der Waals surface area contributed by atoms with Crippen molar-refractivity contribution in [3.05, 3.63) is 53.1 Å². The predicted molar refractivity (Wildman–Crippen MR) is 91.0 cm³/mol. The molecule has 0 amide bonds. The Kier molecular flexibility index (Phi) is 5.78. The number of hydrogen-bond donors (Lipinski definition) is 0. The van der Waals surface area contributed by atoms with Gasteiger partial charge >= 0.3 is 6.18 Å². The lowest BCUT2D eigenvalue weighted by atomic mass is 10.0. The number of alkyl halides is 3. The highest BCUT2D eigenvalue weighted by molar-refractivity contribution is 5.92. The lowest BCUT2D eigenvalue weighted by molar-refractivity contribution is -0.137. The standard InChI is InChI=1S/C19H16F3NO3/c1-24-15-9-17(25-2)16(18(10-15)26-3)8-13(11-23)12-5-4-6-14(7-12)19(20,21)22/h4-10H,1-3H3/b13-8-. The van der Waals surface area contributed by atoms with Crippen LogP contribution in [-0.4, -0.2) is 21.3 Å². The second kappa shape index (κ2) is 7.83. The molecule has 0 aliphatic rings. The van der Waals surface area contributed by atoms with Crippen LogP contribution in [0, 0.1) is 11.3 Å². The summed E-state index contributed by atoms with van der Waals surface area (Å²) >= 11 is 0. The van der Waals surface area contributed by atoms with Gasteiger partial charge in [0.1, 0.15) is 17.2 Å². The number of methoxy groups -OCH3 is 3. The Morgan fingerprint density at radius 1 is 1.00 bits per heavy atom. The fourth-order valence-electron chi connectivity index (χ4n) is 2.36. The number of halogens is 3. The van der Waals surface area contributed by atoms with E-state index in [0.29, 0.717) is 22.8 Å². The summed E-state index contributed by atoms with van der Waals surface area (Å²) in [6, 6.07) is 9.69. The van der Waals surface area contributed by atoms with Crippen molar-refractivity contribution < 1.29 is 27.4 Å². The van der Waals surface area contributed by atoms with Crippen LogP contribution in [0.2, 0.25) is 0 Å². The second-order valence-corrected chi connectivity index (χ2v) is 5.19. The van der Waals surface area contributed by atoms with Gasteiger partial charge in [-0.2, -0.15) is 18.4 Å². The van der Waals surface area contributed by atoms with Crippen LogP contribution in [0.1, 0.15) is 16.7 Å². The quantitative estimate of drug-likeness (QED) is 0.566. The zero-order valence-electron chi connectivity index (χ0n) is 14.3. The topological polar surface area (TPSA) is 51.5 Å². The van der Waals surface area contributed by atoms with E-state index in [2.05, 4.69) is 0 Å². The summed E-state index contributed by atoms with van der Waals surface area (Å²) < 4.78 is 54.5. The molecule has 4 nitrogen and oxygen atoms in total. The summed E-state index contributed by atoms with van der Waals surface area (Å²) in [4.78, 5) is 0. The molecular formula is C19H16F3NO3. The van der Waals surface area contributed by atoms with Crippen LogP contribution in [-0.2, 0) is 6.18 Å². The Balaban J connectivity index is 2.62. The van der Waals surface area contributed by atoms with Crippen LogP contribution in [0.4, 0.5) is 13.2 Å². The first-order chi connectivity index (χ1) is 12.3. The van der Waals surface area contributed by atoms with E-state index < -0.39 is 11.7 Å². The Labute approximate surface area is 149 Å². The zero-order chi connectivity index (χ0) is 19.3. The van der Waals surface area contributed by atoms with Gasteiger partial charge in [-0.05, 0) is 23.8 Å². The third-order valence-electron chi connectivity index (χ3n) is 3.66. The van der Waals surface area contributed by atoms with Crippen molar-refractivity contribution in [2.45, 2.75) is 6.18 Å². The van der Waals surface area contributed by atoms with Gasteiger partial charge in [0.25, 0.3) is 0 Å². The summed E-state index contributed by atoms with van der Waals surface area (Å²) in [5, 5.41) is 9.46. The molecule has 2 aromatic rings. The Morgan fingerprint density at radius 2 is 1.62 bits per heavy atom. The van der Waals surface area contributed by atoms with E-state index >= 15 is 0 Å². The van der Waals surface area contributed by atoms with Crippen molar-refractivity contribution in [3.63, 3.8) is 0 Å². The van der Waals surface area contributed by atoms with Gasteiger partial charge < -0.3 is 14.2 Å². The molecule has 0 aliphatic heterocycles. The summed E-state index contributed by atoms with van der Waals surface area (Å²) in [7, 11) is 4.34. The fraction of sp³-hybridized carbons (Fsp3) is 0.211. The van der Waals surface area contributed by atoms with Crippen molar-refractivity contribution >= 4 is 11.6 Å². The molecule has 0 bridgehead atoms. The summed E-state index contributed by atoms with van der Waals surface area (Å²) in [5.41, 5.74) is -0.227. The maximum atomic E-state index is 12.9. The minimum absolute atomic E-state index is 0.0397. The molecule has 0 heterocycles. The summed E-state index contributed by atoms with van der Waals surface area (Å²) in [6.45, 7) is 0. The minimum Gasteiger partial charge on any atom is -0.496 e. The lowest BCUT2D eigenvalue weighted by Crippen LogP contribution is -2.05. The van der Waals surface area contributed by atoms with E-state index in [0.717, 1.165) is 12.1 Å². The lowest BCUT2D eigenvalue weighted by Gasteiger charge is -2.13. The number of nitrogens with zero attached hydrogens (tertiary/aromatic N) is 1. The summed E-state index contributed by atoms with van der Waals surface area (Å²) in [5.74, 6) is 1.20. The van der Waals surface area contributed by atoms with Gasteiger partial charge in [0.2, 0.25) is 0 Å². The number of rotatable bonds is 5. The third kappa shape index (κ3) is 4.09. The first-order valence-electron chi connectivity index (χ1n) is 7.43. The van der Waals surface area contributed by atoms with Crippen LogP contribution >= 0.6 is 0 Å². The van der Waals surface area contributed by atoms with Crippen molar-refractivity contribution in [2.24, 2.45) is 0 Å². The van der Waals surface area contributed by atoms with Gasteiger partial charge in [-0.15, -0.1) is 0 Å². The molecule has 0 atom stereocenters. The molecule has 0 aromatic heterocycles. The predicted octanol–water partition coefficient (Wildman–Crippen LogP) is 4.80. The molecule has 0 saturated carbocycles. The van der Waals surface area contributed by atoms with Gasteiger partial charge in [-0.25, -0.2) is 0 Å². The first-order valence-corrected chi connectivity index (χ1v) is 7.43. The molecule has 0 aliphatic carbocycles. The Hall–Kier alpha value is -3.14. The number of hydrogen-bond acceptors (Lipinski definition) is 4. The van der Waals surface area contributed by atoms with E-state index in [1.54, 1.807) is 12.1 Å². The van der Waals surface area contributed by atoms with E-state index in [1.807, 2.05) is 6.07 Å². The third-order valence-corrected chi connectivity index (χ3v) is 3.66. The van der Waals surface area contributed by atoms with E-state index in [4.69, 9.17) is 14.2 Å². The average molecular weight is 363 g/mol. The van der Waals surface area contributed by atoms with E-state index in [9.17, 15) is 18.4 Å². The SMILES string of the molecule is COc1cc(OC)c(/C=C(/C#N)c2cccc(C(F)(F)F)c2)c(OC)c1. The van der Waals surface area contributed by atoms with Gasteiger partial charge in [-0.3, -0.25) is 0 Å². The van der Waals surface area contributed by atoms with E-state index in [-0.39, 0.29) is 11.1 Å². The van der Waals surface area contributed by atoms with Gasteiger partial charge in [0, 0.05) is 12.1 Å². The largest absolute Gasteiger partial charge is 0.496 e. The minimum atomic E-state index is -4.49. The molecule has 2 rings (SSSR count). The van der Waals surface area contributed by atoms with Gasteiger partial charge in [0.05, 0.1) is 44.1 Å². The molecular weight excluding hydrogens is 347 g/mol. The Morgan fingerprint density at radius 3 is 2.08 bits per heavy atom. The van der Waals surface area contributed by atoms with Crippen LogP contribution in [0.15, 0.2) is 36.4 Å². The normalized spacial score (nSPS) is 11.7. The second-order valence-electron chi connectivity index (χ2n) is 5.19. The molecule has 0 spiro atoms. The number of ether oxygens (including phenoxy) is 3. The highest BCUT2D eigenvalue weighted by Gasteiger charge is 2.30. The number of allylic oxidation sites excluding steroid dienone is 1. The monoisotopic (exact) mass is 363 g/mol. The molecule has 0 radical (unpaired) electrons. The molecule has 136 valence electrons. The number of nitriles is 1. The average Bonchev–Trinajstić information content (AvgIpc) is 2.64. The Bertz CT molecular complexity index is 842. The molecule has 0 N–H and O–H groups in total. The van der Waals surface area contributed by atoms with E-state index in [1.165, 1.54) is 39.5 Å². The van der Waals surface area contributed by atoms with Crippen LogP contribution in [0.25, 0.3) is 11.6 Å². The molecule has 26 heavy (non-hydrogen) atoms. The van der Waals surface area contributed by atoms with Crippen molar-refractivity contribution in [2.75, 3.05) is 21.3 Å². The molecule has 7 heteroatoms. The first kappa shape index (κ1) is 19.2.